The maximum Gasteiger partial charge on any atom is 0.270 e. The Morgan fingerprint density at radius 1 is 1.21 bits per heavy atom. The second-order valence-electron chi connectivity index (χ2n) is 8.46. The second kappa shape index (κ2) is 9.90. The molecule has 1 aliphatic rings. The van der Waals surface area contributed by atoms with Crippen molar-refractivity contribution >= 4 is 32.7 Å². The highest BCUT2D eigenvalue weighted by Crippen LogP contribution is 2.28. The number of rotatable bonds is 8. The topological polar surface area (TPSA) is 127 Å². The molecule has 34 heavy (non-hydrogen) atoms. The van der Waals surface area contributed by atoms with E-state index in [1.807, 2.05) is 24.3 Å². The van der Waals surface area contributed by atoms with Crippen molar-refractivity contribution in [1.29, 1.82) is 0 Å². The quantitative estimate of drug-likeness (QED) is 0.297. The van der Waals surface area contributed by atoms with E-state index >= 15 is 0 Å². The van der Waals surface area contributed by atoms with E-state index in [9.17, 15) is 23.3 Å². The van der Waals surface area contributed by atoms with E-state index in [0.29, 0.717) is 24.9 Å². The van der Waals surface area contributed by atoms with E-state index in [2.05, 4.69) is 14.9 Å². The van der Waals surface area contributed by atoms with Crippen LogP contribution < -0.4 is 5.32 Å². The molecule has 0 bridgehead atoms. The standard InChI is InChI=1S/C23H27N5O5S/c1-17-7-8-19(28(30)31)15-22(17)34(32,33)27-13-9-18(10-14-27)23(29)24-11-4-12-26-16-25-20-5-2-3-6-21(20)26/h2-3,5-8,15-16,18H,4,9-14H2,1H3,(H,24,29). The summed E-state index contributed by atoms with van der Waals surface area (Å²) in [7, 11) is -3.87. The van der Waals surface area contributed by atoms with Gasteiger partial charge in [0.1, 0.15) is 0 Å². The van der Waals surface area contributed by atoms with Crippen molar-refractivity contribution in [3.63, 3.8) is 0 Å². The fourth-order valence-electron chi connectivity index (χ4n) is 4.27. The average molecular weight is 486 g/mol. The highest BCUT2D eigenvalue weighted by Gasteiger charge is 2.33. The van der Waals surface area contributed by atoms with Crippen LogP contribution in [0.15, 0.2) is 53.7 Å². The van der Waals surface area contributed by atoms with Crippen molar-refractivity contribution in [3.05, 3.63) is 64.5 Å². The van der Waals surface area contributed by atoms with Gasteiger partial charge < -0.3 is 9.88 Å². The fourth-order valence-corrected chi connectivity index (χ4v) is 5.99. The molecule has 4 rings (SSSR count). The first-order valence-electron chi connectivity index (χ1n) is 11.2. The molecule has 1 aliphatic heterocycles. The van der Waals surface area contributed by atoms with Crippen LogP contribution in [0.25, 0.3) is 11.0 Å². The number of piperidine rings is 1. The number of non-ortho nitro benzene ring substituents is 1. The summed E-state index contributed by atoms with van der Waals surface area (Å²) in [4.78, 5) is 27.4. The molecular weight excluding hydrogens is 458 g/mol. The molecule has 0 saturated carbocycles. The maximum absolute atomic E-state index is 13.1. The van der Waals surface area contributed by atoms with Crippen molar-refractivity contribution in [1.82, 2.24) is 19.2 Å². The number of para-hydroxylation sites is 2. The van der Waals surface area contributed by atoms with E-state index in [-0.39, 0.29) is 35.5 Å². The highest BCUT2D eigenvalue weighted by atomic mass is 32.2. The molecule has 0 spiro atoms. The minimum absolute atomic E-state index is 0.0587. The molecule has 1 amide bonds. The number of aryl methyl sites for hydroxylation is 2. The van der Waals surface area contributed by atoms with Crippen LogP contribution in [0.1, 0.15) is 24.8 Å². The van der Waals surface area contributed by atoms with Crippen LogP contribution in [-0.4, -0.2) is 52.7 Å². The molecule has 11 heteroatoms. The number of benzene rings is 2. The summed E-state index contributed by atoms with van der Waals surface area (Å²) in [5, 5.41) is 14.0. The number of sulfonamides is 1. The number of hydrogen-bond donors (Lipinski definition) is 1. The first-order chi connectivity index (χ1) is 16.3. The summed E-state index contributed by atoms with van der Waals surface area (Å²) in [6, 6.07) is 11.7. The van der Waals surface area contributed by atoms with Gasteiger partial charge >= 0.3 is 0 Å². The summed E-state index contributed by atoms with van der Waals surface area (Å²) < 4.78 is 29.5. The molecule has 0 aliphatic carbocycles. The van der Waals surface area contributed by atoms with Gasteiger partial charge in [-0.25, -0.2) is 13.4 Å². The van der Waals surface area contributed by atoms with Gasteiger partial charge in [-0.05, 0) is 43.9 Å². The lowest BCUT2D eigenvalue weighted by Crippen LogP contribution is -2.43. The van der Waals surface area contributed by atoms with Crippen LogP contribution in [0.4, 0.5) is 5.69 Å². The Bertz CT molecular complexity index is 1310. The zero-order valence-corrected chi connectivity index (χ0v) is 19.7. The molecule has 0 atom stereocenters. The molecular formula is C23H27N5O5S. The van der Waals surface area contributed by atoms with Crippen LogP contribution in [0.5, 0.6) is 0 Å². The fraction of sp³-hybridized carbons (Fsp3) is 0.391. The minimum atomic E-state index is -3.87. The number of nitrogens with one attached hydrogen (secondary N) is 1. The number of carbonyl (C=O) groups is 1. The van der Waals surface area contributed by atoms with E-state index < -0.39 is 14.9 Å². The predicted molar refractivity (Wildman–Crippen MR) is 127 cm³/mol. The Morgan fingerprint density at radius 2 is 1.94 bits per heavy atom. The summed E-state index contributed by atoms with van der Waals surface area (Å²) in [5.74, 6) is -0.328. The summed E-state index contributed by atoms with van der Waals surface area (Å²) in [6.45, 7) is 3.27. The average Bonchev–Trinajstić information content (AvgIpc) is 3.25. The smallest absolute Gasteiger partial charge is 0.270 e. The number of nitro benzene ring substituents is 1. The Hall–Kier alpha value is -3.31. The molecule has 0 radical (unpaired) electrons. The van der Waals surface area contributed by atoms with Crippen molar-refractivity contribution in [3.8, 4) is 0 Å². The zero-order valence-electron chi connectivity index (χ0n) is 18.9. The van der Waals surface area contributed by atoms with Crippen LogP contribution in [0.2, 0.25) is 0 Å². The van der Waals surface area contributed by atoms with Gasteiger partial charge in [-0.1, -0.05) is 18.2 Å². The number of aromatic nitrogens is 2. The molecule has 3 aromatic rings. The summed E-state index contributed by atoms with van der Waals surface area (Å²) >= 11 is 0. The molecule has 180 valence electrons. The number of imidazole rings is 1. The molecule has 0 unspecified atom stereocenters. The van der Waals surface area contributed by atoms with E-state index in [4.69, 9.17) is 0 Å². The summed E-state index contributed by atoms with van der Waals surface area (Å²) in [5.41, 5.74) is 2.19. The largest absolute Gasteiger partial charge is 0.356 e. The molecule has 2 heterocycles. The molecule has 1 aromatic heterocycles. The Kier molecular flexibility index (Phi) is 6.94. The Balaban J connectivity index is 1.28. The van der Waals surface area contributed by atoms with Gasteiger partial charge in [0, 0.05) is 44.2 Å². The number of nitro groups is 1. The van der Waals surface area contributed by atoms with Gasteiger partial charge in [0.15, 0.2) is 0 Å². The summed E-state index contributed by atoms with van der Waals surface area (Å²) in [6.07, 6.45) is 3.37. The lowest BCUT2D eigenvalue weighted by molar-refractivity contribution is -0.385. The number of hydrogen-bond acceptors (Lipinski definition) is 6. The SMILES string of the molecule is Cc1ccc([N+](=O)[O-])cc1S(=O)(=O)N1CCC(C(=O)NCCCn2cnc3ccccc32)CC1. The Morgan fingerprint density at radius 3 is 2.68 bits per heavy atom. The van der Waals surface area contributed by atoms with Crippen molar-refractivity contribution in [2.75, 3.05) is 19.6 Å². The number of amides is 1. The maximum atomic E-state index is 13.1. The first kappa shape index (κ1) is 23.8. The zero-order chi connectivity index (χ0) is 24.3. The van der Waals surface area contributed by atoms with Crippen molar-refractivity contribution < 1.29 is 18.1 Å². The number of carbonyl (C=O) groups excluding carboxylic acids is 1. The minimum Gasteiger partial charge on any atom is -0.356 e. The molecule has 10 nitrogen and oxygen atoms in total. The third kappa shape index (κ3) is 4.95. The third-order valence-corrected chi connectivity index (χ3v) is 8.27. The lowest BCUT2D eigenvalue weighted by atomic mass is 9.97. The number of fused-ring (bicyclic) bond motifs is 1. The predicted octanol–water partition coefficient (Wildman–Crippen LogP) is 2.86. The van der Waals surface area contributed by atoms with E-state index in [1.54, 1.807) is 13.3 Å². The molecule has 1 N–H and O–H groups in total. The first-order valence-corrected chi connectivity index (χ1v) is 12.6. The van der Waals surface area contributed by atoms with Gasteiger partial charge in [0.25, 0.3) is 5.69 Å². The normalized spacial score (nSPS) is 15.4. The lowest BCUT2D eigenvalue weighted by Gasteiger charge is -2.30. The highest BCUT2D eigenvalue weighted by molar-refractivity contribution is 7.89. The third-order valence-electron chi connectivity index (χ3n) is 6.23. The van der Waals surface area contributed by atoms with Crippen LogP contribution in [0, 0.1) is 23.0 Å². The van der Waals surface area contributed by atoms with Gasteiger partial charge in [-0.15, -0.1) is 0 Å². The van der Waals surface area contributed by atoms with Crippen LogP contribution in [-0.2, 0) is 21.4 Å². The molecule has 1 saturated heterocycles. The van der Waals surface area contributed by atoms with Crippen molar-refractivity contribution in [2.24, 2.45) is 5.92 Å². The molecule has 2 aromatic carbocycles. The van der Waals surface area contributed by atoms with Gasteiger partial charge in [0.2, 0.25) is 15.9 Å². The van der Waals surface area contributed by atoms with Crippen molar-refractivity contribution in [2.45, 2.75) is 37.6 Å². The second-order valence-corrected chi connectivity index (χ2v) is 10.4. The van der Waals surface area contributed by atoms with E-state index in [1.165, 1.54) is 16.4 Å². The van der Waals surface area contributed by atoms with Crippen LogP contribution in [0.3, 0.4) is 0 Å². The van der Waals surface area contributed by atoms with Gasteiger partial charge in [0.05, 0.1) is 27.2 Å². The van der Waals surface area contributed by atoms with Gasteiger partial charge in [-0.2, -0.15) is 4.31 Å². The molecule has 1 fully saturated rings. The van der Waals surface area contributed by atoms with Crippen LogP contribution >= 0.6 is 0 Å². The Labute approximate surface area is 197 Å². The number of nitrogens with zero attached hydrogens (tertiary/aromatic N) is 4. The monoisotopic (exact) mass is 485 g/mol. The van der Waals surface area contributed by atoms with E-state index in [0.717, 1.165) is 30.1 Å². The van der Waals surface area contributed by atoms with Gasteiger partial charge in [-0.3, -0.25) is 14.9 Å².